The molecule has 0 fully saturated rings. The first-order valence-electron chi connectivity index (χ1n) is 5.51. The monoisotopic (exact) mass is 386 g/mol. The minimum absolute atomic E-state index is 0.915. The van der Waals surface area contributed by atoms with Gasteiger partial charge in [-0.25, -0.2) is 0 Å². The van der Waals surface area contributed by atoms with E-state index in [2.05, 4.69) is 40.7 Å². The third-order valence-corrected chi connectivity index (χ3v) is 21.9. The third kappa shape index (κ3) is 1.53. The van der Waals surface area contributed by atoms with Crippen molar-refractivity contribution in [1.82, 2.24) is 0 Å². The van der Waals surface area contributed by atoms with Crippen molar-refractivity contribution in [3.8, 4) is 0 Å². The van der Waals surface area contributed by atoms with Crippen LogP contribution < -0.4 is 0 Å². The van der Waals surface area contributed by atoms with E-state index in [0.29, 0.717) is 0 Å². The zero-order valence-electron chi connectivity index (χ0n) is 9.90. The number of hydrogen-bond donors (Lipinski definition) is 0. The van der Waals surface area contributed by atoms with Crippen LogP contribution >= 0.6 is 0 Å². The first-order chi connectivity index (χ1) is 7.64. The van der Waals surface area contributed by atoms with Crippen molar-refractivity contribution in [3.05, 3.63) is 43.1 Å². The van der Waals surface area contributed by atoms with Gasteiger partial charge in [-0.15, -0.1) is 0 Å². The van der Waals surface area contributed by atoms with Gasteiger partial charge >= 0.3 is 99.0 Å². The van der Waals surface area contributed by atoms with Gasteiger partial charge in [0.15, 0.2) is 0 Å². The van der Waals surface area contributed by atoms with Gasteiger partial charge in [0.05, 0.1) is 0 Å². The van der Waals surface area contributed by atoms with Crippen LogP contribution in [0.1, 0.15) is 12.8 Å². The molecule has 2 rings (SSSR count). The molecule has 0 saturated carbocycles. The van der Waals surface area contributed by atoms with Crippen LogP contribution in [0.4, 0.5) is 0 Å². The predicted molar refractivity (Wildman–Crippen MR) is 64.8 cm³/mol. The van der Waals surface area contributed by atoms with Crippen molar-refractivity contribution in [1.29, 1.82) is 0 Å². The number of allylic oxidation sites excluding steroid dienone is 8. The fourth-order valence-electron chi connectivity index (χ4n) is 2.46. The molecule has 16 heavy (non-hydrogen) atoms. The van der Waals surface area contributed by atoms with Crippen LogP contribution in [0.25, 0.3) is 0 Å². The molecule has 0 bridgehead atoms. The summed E-state index contributed by atoms with van der Waals surface area (Å²) >= 11 is -4.14. The Kier molecular flexibility index (Phi) is 3.12. The molecule has 0 heterocycles. The summed E-state index contributed by atoms with van der Waals surface area (Å²) in [6.07, 6.45) is 14.5. The van der Waals surface area contributed by atoms with Crippen molar-refractivity contribution >= 4 is 4.26 Å². The molecule has 2 nitrogen and oxygen atoms in total. The van der Waals surface area contributed by atoms with E-state index in [-0.39, 0.29) is 0 Å². The Labute approximate surface area is 98.8 Å². The second kappa shape index (κ2) is 4.13. The van der Waals surface area contributed by atoms with E-state index in [1.165, 1.54) is 6.66 Å². The molecule has 0 aromatic rings. The van der Waals surface area contributed by atoms with Crippen molar-refractivity contribution in [2.45, 2.75) is 12.8 Å². The van der Waals surface area contributed by atoms with Crippen LogP contribution in [0.5, 0.6) is 0 Å². The zero-order valence-corrected chi connectivity index (χ0v) is 13.5. The summed E-state index contributed by atoms with van der Waals surface area (Å²) in [5, 5.41) is 0. The average Bonchev–Trinajstić information content (AvgIpc) is 3.00. The van der Waals surface area contributed by atoms with Crippen LogP contribution in [0.15, 0.2) is 43.1 Å². The molecule has 0 spiro atoms. The topological polar surface area (TPSA) is 18.5 Å². The van der Waals surface area contributed by atoms with Crippen LogP contribution in [0, 0.1) is 0 Å². The van der Waals surface area contributed by atoms with E-state index in [1.807, 2.05) is 0 Å². The quantitative estimate of drug-likeness (QED) is 0.694. The first-order valence-corrected chi connectivity index (χ1v) is 14.6. The Morgan fingerprint density at radius 3 is 1.69 bits per heavy atom. The zero-order chi connectivity index (χ0) is 11.7. The Morgan fingerprint density at radius 2 is 1.44 bits per heavy atom. The van der Waals surface area contributed by atoms with E-state index in [0.717, 1.165) is 12.8 Å². The normalized spacial score (nSPS) is 20.2. The fourth-order valence-corrected chi connectivity index (χ4v) is 15.2. The number of hydrogen-bond acceptors (Lipinski definition) is 2. The molecule has 0 aromatic heterocycles. The molecule has 0 aromatic carbocycles. The molecular weight excluding hydrogens is 367 g/mol. The van der Waals surface area contributed by atoms with Gasteiger partial charge in [-0.3, -0.25) is 0 Å². The van der Waals surface area contributed by atoms with Crippen LogP contribution in [0.3, 0.4) is 0 Å². The van der Waals surface area contributed by atoms with Gasteiger partial charge in [0.2, 0.25) is 0 Å². The minimum atomic E-state index is -4.14. The maximum absolute atomic E-state index is 5.91. The van der Waals surface area contributed by atoms with E-state index in [1.54, 1.807) is 14.2 Å². The Bertz CT molecular complexity index is 434. The third-order valence-electron chi connectivity index (χ3n) is 3.71. The Morgan fingerprint density at radius 1 is 1.00 bits per heavy atom. The van der Waals surface area contributed by atoms with Crippen molar-refractivity contribution < 1.29 is 24.6 Å². The van der Waals surface area contributed by atoms with Gasteiger partial charge in [0.1, 0.15) is 0 Å². The molecule has 3 heteroatoms. The fraction of sp³-hybridized carbons (Fsp3) is 0.308. The van der Waals surface area contributed by atoms with Gasteiger partial charge in [0.25, 0.3) is 0 Å². The molecule has 0 amide bonds. The second-order valence-corrected chi connectivity index (χ2v) is 20.9. The molecule has 0 atom stereocenters. The van der Waals surface area contributed by atoms with Gasteiger partial charge in [-0.1, -0.05) is 0 Å². The Balaban J connectivity index is 2.53. The van der Waals surface area contributed by atoms with Crippen molar-refractivity contribution in [2.75, 3.05) is 14.2 Å². The van der Waals surface area contributed by atoms with E-state index >= 15 is 0 Å². The molecule has 0 N–H and O–H groups in total. The molecule has 0 radical (unpaired) electrons. The summed E-state index contributed by atoms with van der Waals surface area (Å²) < 4.78 is 18.8. The summed E-state index contributed by atoms with van der Waals surface area (Å²) in [6.45, 7) is 0. The van der Waals surface area contributed by atoms with Gasteiger partial charge in [-0.2, -0.15) is 0 Å². The van der Waals surface area contributed by atoms with Crippen molar-refractivity contribution in [3.63, 3.8) is 0 Å². The Hall–Kier alpha value is -0.380. The SMILES string of the molecule is [CH2]=[Hf]([O]C)([O]C)([C]1=CC=CC1)[C]1=CC=CC1. The number of rotatable bonds is 4. The average molecular weight is 385 g/mol. The summed E-state index contributed by atoms with van der Waals surface area (Å²) in [6, 6.07) is 0. The standard InChI is InChI=1S/2C5H5.2CH3O.CH2.Hf/c2*1-2-4-5-3-1;2*1-2;;/h2*1-3H,4H2;2*1H3;1H2;/q;;2*-1;;+2. The molecule has 0 aliphatic heterocycles. The van der Waals surface area contributed by atoms with Gasteiger partial charge in [0, 0.05) is 0 Å². The van der Waals surface area contributed by atoms with E-state index in [9.17, 15) is 0 Å². The summed E-state index contributed by atoms with van der Waals surface area (Å²) in [5.74, 6) is 0. The molecule has 0 saturated heterocycles. The molecule has 0 unspecified atom stereocenters. The first kappa shape index (κ1) is 12.1. The second-order valence-electron chi connectivity index (χ2n) is 4.32. The molecule has 2 aliphatic carbocycles. The van der Waals surface area contributed by atoms with Crippen LogP contribution in [-0.4, -0.2) is 18.5 Å². The van der Waals surface area contributed by atoms with E-state index in [4.69, 9.17) is 5.71 Å². The molecule has 86 valence electrons. The molecule has 2 aliphatic rings. The molecular formula is C13H18HfO2. The van der Waals surface area contributed by atoms with E-state index < -0.39 is 18.9 Å². The van der Waals surface area contributed by atoms with Gasteiger partial charge in [-0.05, 0) is 0 Å². The summed E-state index contributed by atoms with van der Waals surface area (Å²) in [7, 11) is 3.48. The van der Waals surface area contributed by atoms with Crippen LogP contribution in [0.2, 0.25) is 0 Å². The summed E-state index contributed by atoms with van der Waals surface area (Å²) in [4.78, 5) is 0. The van der Waals surface area contributed by atoms with Crippen molar-refractivity contribution in [2.24, 2.45) is 0 Å². The van der Waals surface area contributed by atoms with Crippen LogP contribution in [-0.2, 0) is 24.6 Å². The summed E-state index contributed by atoms with van der Waals surface area (Å²) in [5.41, 5.74) is 0. The predicted octanol–water partition coefficient (Wildman–Crippen LogP) is 2.92. The maximum atomic E-state index is 5.91. The van der Waals surface area contributed by atoms with Gasteiger partial charge < -0.3 is 0 Å².